The Kier molecular flexibility index (Phi) is 5.53. The number of phenolic OH excluding ortho intramolecular Hbond substituents is 1. The number of aromatic hydroxyl groups is 1. The summed E-state index contributed by atoms with van der Waals surface area (Å²) in [6.07, 6.45) is 5.64. The van der Waals surface area contributed by atoms with Gasteiger partial charge in [0.1, 0.15) is 5.75 Å². The summed E-state index contributed by atoms with van der Waals surface area (Å²) < 4.78 is 0. The highest BCUT2D eigenvalue weighted by molar-refractivity contribution is 5.77. The van der Waals surface area contributed by atoms with Gasteiger partial charge in [-0.1, -0.05) is 44.4 Å². The minimum Gasteiger partial charge on any atom is -0.507 e. The van der Waals surface area contributed by atoms with Crippen molar-refractivity contribution in [2.75, 3.05) is 0 Å². The van der Waals surface area contributed by atoms with Crippen LogP contribution < -0.4 is 5.73 Å². The molecule has 3 heteroatoms. The Labute approximate surface area is 103 Å². The fraction of sp³-hybridized carbons (Fsp3) is 0.500. The molecule has 0 unspecified atom stereocenters. The second-order valence-corrected chi connectivity index (χ2v) is 4.38. The third kappa shape index (κ3) is 4.47. The van der Waals surface area contributed by atoms with Gasteiger partial charge in [0.2, 0.25) is 5.91 Å². The lowest BCUT2D eigenvalue weighted by molar-refractivity contribution is -0.117. The third-order valence-electron chi connectivity index (χ3n) is 2.87. The highest BCUT2D eigenvalue weighted by Gasteiger charge is 2.08. The molecule has 1 rings (SSSR count). The second-order valence-electron chi connectivity index (χ2n) is 4.38. The minimum absolute atomic E-state index is 0.106. The van der Waals surface area contributed by atoms with Gasteiger partial charge >= 0.3 is 0 Å². The van der Waals surface area contributed by atoms with Crippen LogP contribution in [0.5, 0.6) is 5.75 Å². The van der Waals surface area contributed by atoms with Crippen LogP contribution in [0.3, 0.4) is 0 Å². The summed E-state index contributed by atoms with van der Waals surface area (Å²) in [6.45, 7) is 2.17. The first kappa shape index (κ1) is 13.6. The van der Waals surface area contributed by atoms with Gasteiger partial charge < -0.3 is 10.8 Å². The quantitative estimate of drug-likeness (QED) is 0.713. The summed E-state index contributed by atoms with van der Waals surface area (Å²) in [4.78, 5) is 10.8. The fourth-order valence-corrected chi connectivity index (χ4v) is 1.92. The van der Waals surface area contributed by atoms with Gasteiger partial charge in [-0.05, 0) is 18.4 Å². The summed E-state index contributed by atoms with van der Waals surface area (Å²) in [7, 11) is 0. The van der Waals surface area contributed by atoms with E-state index in [4.69, 9.17) is 5.73 Å². The Morgan fingerprint density at radius 3 is 2.59 bits per heavy atom. The van der Waals surface area contributed by atoms with Crippen LogP contribution in [0.1, 0.15) is 43.7 Å². The van der Waals surface area contributed by atoms with Crippen LogP contribution in [-0.4, -0.2) is 11.0 Å². The van der Waals surface area contributed by atoms with E-state index in [-0.39, 0.29) is 12.2 Å². The van der Waals surface area contributed by atoms with Crippen molar-refractivity contribution in [1.82, 2.24) is 0 Å². The lowest BCUT2D eigenvalue weighted by Crippen LogP contribution is -2.13. The average Bonchev–Trinajstić information content (AvgIpc) is 2.28. The van der Waals surface area contributed by atoms with Crippen LogP contribution >= 0.6 is 0 Å². The number of benzene rings is 1. The molecule has 0 aliphatic heterocycles. The van der Waals surface area contributed by atoms with E-state index in [9.17, 15) is 9.90 Å². The van der Waals surface area contributed by atoms with E-state index in [2.05, 4.69) is 6.92 Å². The van der Waals surface area contributed by atoms with E-state index in [0.717, 1.165) is 18.4 Å². The Balaban J connectivity index is 2.63. The number of unbranched alkanes of at least 4 members (excludes halogenated alkanes) is 3. The van der Waals surface area contributed by atoms with E-state index in [1.54, 1.807) is 6.07 Å². The normalized spacial score (nSPS) is 10.4. The molecule has 0 heterocycles. The van der Waals surface area contributed by atoms with Crippen molar-refractivity contribution in [3.63, 3.8) is 0 Å². The molecule has 1 aromatic rings. The number of primary amides is 1. The topological polar surface area (TPSA) is 63.3 Å². The Morgan fingerprint density at radius 2 is 1.94 bits per heavy atom. The lowest BCUT2D eigenvalue weighted by atomic mass is 10.0. The summed E-state index contributed by atoms with van der Waals surface area (Å²) in [5.74, 6) is -0.175. The van der Waals surface area contributed by atoms with Gasteiger partial charge in [0.15, 0.2) is 0 Å². The molecule has 3 N–H and O–H groups in total. The van der Waals surface area contributed by atoms with Gasteiger partial charge in [0.05, 0.1) is 6.42 Å². The van der Waals surface area contributed by atoms with Crippen molar-refractivity contribution in [1.29, 1.82) is 0 Å². The first-order valence-corrected chi connectivity index (χ1v) is 6.23. The monoisotopic (exact) mass is 235 g/mol. The number of phenols is 1. The van der Waals surface area contributed by atoms with E-state index in [1.807, 2.05) is 12.1 Å². The van der Waals surface area contributed by atoms with E-state index >= 15 is 0 Å². The molecule has 3 nitrogen and oxygen atoms in total. The first-order chi connectivity index (χ1) is 8.15. The van der Waals surface area contributed by atoms with Crippen LogP contribution in [0, 0.1) is 0 Å². The van der Waals surface area contributed by atoms with Crippen LogP contribution in [0.2, 0.25) is 0 Å². The molecule has 1 amide bonds. The molecular weight excluding hydrogens is 214 g/mol. The number of carbonyl (C=O) groups is 1. The molecular formula is C14H21NO2. The Morgan fingerprint density at radius 1 is 1.24 bits per heavy atom. The summed E-state index contributed by atoms with van der Waals surface area (Å²) in [5.41, 5.74) is 6.68. The van der Waals surface area contributed by atoms with Crippen molar-refractivity contribution in [2.24, 2.45) is 5.73 Å². The minimum atomic E-state index is -0.413. The molecule has 0 radical (unpaired) electrons. The smallest absolute Gasteiger partial charge is 0.221 e. The van der Waals surface area contributed by atoms with E-state index in [0.29, 0.717) is 5.56 Å². The van der Waals surface area contributed by atoms with Crippen LogP contribution in [0.25, 0.3) is 0 Å². The molecule has 0 atom stereocenters. The number of hydrogen-bond acceptors (Lipinski definition) is 2. The average molecular weight is 235 g/mol. The molecule has 0 bridgehead atoms. The zero-order chi connectivity index (χ0) is 12.7. The highest BCUT2D eigenvalue weighted by Crippen LogP contribution is 2.24. The standard InChI is InChI=1S/C14H21NO2/c1-2-3-4-5-7-11-8-6-9-12(14(11)17)10-13(15)16/h6,8-9,17H,2-5,7,10H2,1H3,(H2,15,16). The predicted octanol–water partition coefficient (Wildman–Crippen LogP) is 2.54. The number of carbonyl (C=O) groups excluding carboxylic acids is 1. The van der Waals surface area contributed by atoms with Crippen molar-refractivity contribution in [2.45, 2.75) is 45.4 Å². The zero-order valence-electron chi connectivity index (χ0n) is 10.4. The maximum absolute atomic E-state index is 10.8. The van der Waals surface area contributed by atoms with Gasteiger partial charge in [-0.3, -0.25) is 4.79 Å². The summed E-state index contributed by atoms with van der Waals surface area (Å²) in [6, 6.07) is 5.52. The third-order valence-corrected chi connectivity index (χ3v) is 2.87. The number of para-hydroxylation sites is 1. The highest BCUT2D eigenvalue weighted by atomic mass is 16.3. The molecule has 0 fully saturated rings. The van der Waals surface area contributed by atoms with Gasteiger partial charge in [0, 0.05) is 5.56 Å². The molecule has 0 aromatic heterocycles. The van der Waals surface area contributed by atoms with Crippen LogP contribution in [-0.2, 0) is 17.6 Å². The molecule has 0 aliphatic rings. The van der Waals surface area contributed by atoms with E-state index in [1.165, 1.54) is 19.3 Å². The maximum atomic E-state index is 10.8. The number of nitrogens with two attached hydrogens (primary N) is 1. The van der Waals surface area contributed by atoms with Crippen molar-refractivity contribution in [3.8, 4) is 5.75 Å². The van der Waals surface area contributed by atoms with Gasteiger partial charge in [-0.2, -0.15) is 0 Å². The second kappa shape index (κ2) is 6.94. The summed E-state index contributed by atoms with van der Waals surface area (Å²) in [5, 5.41) is 9.99. The fourth-order valence-electron chi connectivity index (χ4n) is 1.92. The Bertz CT molecular complexity index is 374. The Hall–Kier alpha value is -1.51. The SMILES string of the molecule is CCCCCCc1cccc(CC(N)=O)c1O. The zero-order valence-corrected chi connectivity index (χ0v) is 10.4. The lowest BCUT2D eigenvalue weighted by Gasteiger charge is -2.08. The molecule has 1 aromatic carbocycles. The number of hydrogen-bond donors (Lipinski definition) is 2. The maximum Gasteiger partial charge on any atom is 0.221 e. The van der Waals surface area contributed by atoms with Crippen LogP contribution in [0.4, 0.5) is 0 Å². The number of amides is 1. The van der Waals surface area contributed by atoms with Crippen molar-refractivity contribution in [3.05, 3.63) is 29.3 Å². The van der Waals surface area contributed by atoms with Crippen molar-refractivity contribution >= 4 is 5.91 Å². The number of aryl methyl sites for hydroxylation is 1. The van der Waals surface area contributed by atoms with Crippen LogP contribution in [0.15, 0.2) is 18.2 Å². The molecule has 94 valence electrons. The van der Waals surface area contributed by atoms with Gasteiger partial charge in [-0.15, -0.1) is 0 Å². The summed E-state index contributed by atoms with van der Waals surface area (Å²) >= 11 is 0. The molecule has 17 heavy (non-hydrogen) atoms. The van der Waals surface area contributed by atoms with Gasteiger partial charge in [-0.25, -0.2) is 0 Å². The molecule has 0 saturated carbocycles. The first-order valence-electron chi connectivity index (χ1n) is 6.23. The van der Waals surface area contributed by atoms with Crippen molar-refractivity contribution < 1.29 is 9.90 Å². The molecule has 0 saturated heterocycles. The number of rotatable bonds is 7. The van der Waals surface area contributed by atoms with E-state index < -0.39 is 5.91 Å². The largest absolute Gasteiger partial charge is 0.507 e. The van der Waals surface area contributed by atoms with Gasteiger partial charge in [0.25, 0.3) is 0 Å². The predicted molar refractivity (Wildman–Crippen MR) is 68.9 cm³/mol. The molecule has 0 aliphatic carbocycles. The molecule has 0 spiro atoms.